The van der Waals surface area contributed by atoms with Gasteiger partial charge in [0.2, 0.25) is 0 Å². The summed E-state index contributed by atoms with van der Waals surface area (Å²) in [6.07, 6.45) is 12.2. The van der Waals surface area contributed by atoms with Crippen molar-refractivity contribution < 1.29 is 0 Å². The average molecular weight is 312 g/mol. The van der Waals surface area contributed by atoms with E-state index in [1.807, 2.05) is 0 Å². The molecule has 0 atom stereocenters. The topological polar surface area (TPSA) is 26.0 Å². The van der Waals surface area contributed by atoms with Gasteiger partial charge in [-0.2, -0.15) is 0 Å². The summed E-state index contributed by atoms with van der Waals surface area (Å²) in [5.41, 5.74) is 8.77. The monoisotopic (exact) mass is 311 g/mol. The van der Waals surface area contributed by atoms with E-state index in [2.05, 4.69) is 45.0 Å². The number of nitrogens with two attached hydrogens (primary N) is 1. The molecule has 0 aliphatic rings. The first kappa shape index (κ1) is 20.5. The van der Waals surface area contributed by atoms with Crippen LogP contribution < -0.4 is 5.73 Å². The van der Waals surface area contributed by atoms with Crippen molar-refractivity contribution in [2.75, 3.05) is 0 Å². The summed E-state index contributed by atoms with van der Waals surface area (Å²) in [6, 6.07) is 8.65. The second kappa shape index (κ2) is 11.1. The lowest BCUT2D eigenvalue weighted by Crippen LogP contribution is -2.30. The Morgan fingerprint density at radius 1 is 0.857 bits per heavy atom. The third-order valence-corrected chi connectivity index (χ3v) is 4.01. The van der Waals surface area contributed by atoms with Crippen molar-refractivity contribution in [3.8, 4) is 0 Å². The molecule has 1 rings (SSSR count). The van der Waals surface area contributed by atoms with E-state index in [1.165, 1.54) is 68.9 Å². The van der Waals surface area contributed by atoms with Crippen LogP contribution in [0.1, 0.15) is 83.3 Å². The normalized spacial score (nSPS) is 11.2. The minimum Gasteiger partial charge on any atom is -0.322 e. The first-order valence-electron chi connectivity index (χ1n) is 8.43. The zero-order chi connectivity index (χ0) is 14.8. The van der Waals surface area contributed by atoms with E-state index in [4.69, 9.17) is 5.73 Å². The van der Waals surface area contributed by atoms with Crippen LogP contribution in [-0.4, -0.2) is 0 Å². The van der Waals surface area contributed by atoms with Crippen molar-refractivity contribution in [1.82, 2.24) is 0 Å². The number of aryl methyl sites for hydroxylation is 1. The Morgan fingerprint density at radius 3 is 1.95 bits per heavy atom. The van der Waals surface area contributed by atoms with Gasteiger partial charge in [-0.1, -0.05) is 76.1 Å². The largest absolute Gasteiger partial charge is 0.322 e. The molecule has 0 amide bonds. The summed E-state index contributed by atoms with van der Waals surface area (Å²) in [5.74, 6) is 0. The van der Waals surface area contributed by atoms with Gasteiger partial charge in [-0.3, -0.25) is 0 Å². The Hall–Kier alpha value is -0.530. The molecule has 0 aromatic heterocycles. The van der Waals surface area contributed by atoms with Gasteiger partial charge in [0.1, 0.15) is 0 Å². The number of unbranched alkanes of at least 4 members (excludes halogenated alkanes) is 7. The Morgan fingerprint density at radius 2 is 1.38 bits per heavy atom. The maximum Gasteiger partial charge on any atom is 0.0355 e. The van der Waals surface area contributed by atoms with Crippen LogP contribution in [0.5, 0.6) is 0 Å². The number of hydrogen-bond donors (Lipinski definition) is 1. The SMILES string of the molecule is CCCCCCCCCCc1ccccc1C(C)(C)N.Cl. The Bertz CT molecular complexity index is 368. The van der Waals surface area contributed by atoms with Crippen LogP contribution in [0.3, 0.4) is 0 Å². The second-order valence-corrected chi connectivity index (χ2v) is 6.60. The van der Waals surface area contributed by atoms with Crippen molar-refractivity contribution in [3.63, 3.8) is 0 Å². The molecule has 0 radical (unpaired) electrons. The van der Waals surface area contributed by atoms with Crippen molar-refractivity contribution in [2.24, 2.45) is 5.73 Å². The fraction of sp³-hybridized carbons (Fsp3) is 0.684. The highest BCUT2D eigenvalue weighted by Gasteiger charge is 2.17. The first-order valence-corrected chi connectivity index (χ1v) is 8.43. The van der Waals surface area contributed by atoms with Crippen LogP contribution >= 0.6 is 12.4 Å². The lowest BCUT2D eigenvalue weighted by Gasteiger charge is -2.22. The van der Waals surface area contributed by atoms with E-state index < -0.39 is 0 Å². The molecule has 0 aliphatic heterocycles. The summed E-state index contributed by atoms with van der Waals surface area (Å²) in [7, 11) is 0. The minimum absolute atomic E-state index is 0. The molecule has 1 aromatic rings. The fourth-order valence-corrected chi connectivity index (χ4v) is 2.82. The second-order valence-electron chi connectivity index (χ2n) is 6.60. The van der Waals surface area contributed by atoms with Gasteiger partial charge in [0, 0.05) is 5.54 Å². The van der Waals surface area contributed by atoms with Gasteiger partial charge < -0.3 is 5.73 Å². The lowest BCUT2D eigenvalue weighted by atomic mass is 9.89. The third-order valence-electron chi connectivity index (χ3n) is 4.01. The Balaban J connectivity index is 0.00000400. The van der Waals surface area contributed by atoms with E-state index in [-0.39, 0.29) is 17.9 Å². The summed E-state index contributed by atoms with van der Waals surface area (Å²) < 4.78 is 0. The molecule has 0 unspecified atom stereocenters. The molecule has 0 aliphatic carbocycles. The van der Waals surface area contributed by atoms with Crippen LogP contribution in [0.4, 0.5) is 0 Å². The fourth-order valence-electron chi connectivity index (χ4n) is 2.82. The predicted octanol–water partition coefficient (Wildman–Crippen LogP) is 5.99. The molecule has 2 heteroatoms. The Kier molecular flexibility index (Phi) is 10.8. The number of hydrogen-bond acceptors (Lipinski definition) is 1. The maximum absolute atomic E-state index is 6.26. The summed E-state index contributed by atoms with van der Waals surface area (Å²) in [5, 5.41) is 0. The van der Waals surface area contributed by atoms with Crippen LogP contribution in [0.25, 0.3) is 0 Å². The quantitative estimate of drug-likeness (QED) is 0.528. The molecule has 0 saturated heterocycles. The molecule has 122 valence electrons. The molecule has 1 aromatic carbocycles. The predicted molar refractivity (Wildman–Crippen MR) is 97.2 cm³/mol. The summed E-state index contributed by atoms with van der Waals surface area (Å²) in [6.45, 7) is 6.47. The lowest BCUT2D eigenvalue weighted by molar-refractivity contribution is 0.541. The van der Waals surface area contributed by atoms with Crippen LogP contribution in [0, 0.1) is 0 Å². The highest BCUT2D eigenvalue weighted by molar-refractivity contribution is 5.85. The summed E-state index contributed by atoms with van der Waals surface area (Å²) in [4.78, 5) is 0. The number of rotatable bonds is 10. The molecule has 0 bridgehead atoms. The van der Waals surface area contributed by atoms with E-state index in [1.54, 1.807) is 0 Å². The zero-order valence-electron chi connectivity index (χ0n) is 14.2. The van der Waals surface area contributed by atoms with Crippen molar-refractivity contribution in [2.45, 2.75) is 84.1 Å². The molecular weight excluding hydrogens is 278 g/mol. The first-order chi connectivity index (χ1) is 9.55. The van der Waals surface area contributed by atoms with E-state index in [9.17, 15) is 0 Å². The molecule has 21 heavy (non-hydrogen) atoms. The van der Waals surface area contributed by atoms with Gasteiger partial charge in [0.25, 0.3) is 0 Å². The molecule has 0 saturated carbocycles. The van der Waals surface area contributed by atoms with Gasteiger partial charge >= 0.3 is 0 Å². The van der Waals surface area contributed by atoms with Crippen LogP contribution in [-0.2, 0) is 12.0 Å². The van der Waals surface area contributed by atoms with E-state index in [0.717, 1.165) is 0 Å². The van der Waals surface area contributed by atoms with Gasteiger partial charge in [-0.15, -0.1) is 12.4 Å². The highest BCUT2D eigenvalue weighted by atomic mass is 35.5. The van der Waals surface area contributed by atoms with Crippen molar-refractivity contribution >= 4 is 12.4 Å². The van der Waals surface area contributed by atoms with Crippen molar-refractivity contribution in [1.29, 1.82) is 0 Å². The zero-order valence-corrected chi connectivity index (χ0v) is 15.0. The number of halogens is 1. The van der Waals surface area contributed by atoms with Gasteiger partial charge in [0.05, 0.1) is 0 Å². The molecule has 1 nitrogen and oxygen atoms in total. The minimum atomic E-state index is -0.225. The maximum atomic E-state index is 6.26. The third kappa shape index (κ3) is 8.48. The summed E-state index contributed by atoms with van der Waals surface area (Å²) >= 11 is 0. The molecule has 0 spiro atoms. The average Bonchev–Trinajstić information content (AvgIpc) is 2.41. The van der Waals surface area contributed by atoms with Gasteiger partial charge in [0.15, 0.2) is 0 Å². The van der Waals surface area contributed by atoms with Crippen molar-refractivity contribution in [3.05, 3.63) is 35.4 Å². The van der Waals surface area contributed by atoms with Crippen LogP contribution in [0.15, 0.2) is 24.3 Å². The molecule has 0 fully saturated rings. The molecular formula is C19H34ClN. The van der Waals surface area contributed by atoms with E-state index in [0.29, 0.717) is 0 Å². The Labute approximate surface area is 138 Å². The van der Waals surface area contributed by atoms with Gasteiger partial charge in [-0.25, -0.2) is 0 Å². The number of benzene rings is 1. The molecule has 2 N–H and O–H groups in total. The van der Waals surface area contributed by atoms with Crippen LogP contribution in [0.2, 0.25) is 0 Å². The smallest absolute Gasteiger partial charge is 0.0355 e. The highest BCUT2D eigenvalue weighted by Crippen LogP contribution is 2.23. The van der Waals surface area contributed by atoms with E-state index >= 15 is 0 Å². The standard InChI is InChI=1S/C19H33N.ClH/c1-4-5-6-7-8-9-10-11-14-17-15-12-13-16-18(17)19(2,3)20;/h12-13,15-16H,4-11,14,20H2,1-3H3;1H. The van der Waals surface area contributed by atoms with Gasteiger partial charge in [-0.05, 0) is 37.8 Å². The molecule has 0 heterocycles.